The topological polar surface area (TPSA) is 69.3 Å². The van der Waals surface area contributed by atoms with E-state index in [1.54, 1.807) is 19.2 Å². The Morgan fingerprint density at radius 2 is 1.78 bits per heavy atom. The van der Waals surface area contributed by atoms with Crippen molar-refractivity contribution in [3.63, 3.8) is 0 Å². The number of aryl methyl sites for hydroxylation is 2. The van der Waals surface area contributed by atoms with Crippen molar-refractivity contribution >= 4 is 38.8 Å². The Bertz CT molecular complexity index is 1490. The quantitative estimate of drug-likeness (QED) is 0.389. The lowest BCUT2D eigenvalue weighted by atomic mass is 10.1. The van der Waals surface area contributed by atoms with Gasteiger partial charge < -0.3 is 19.0 Å². The molecule has 0 saturated heterocycles. The molecule has 1 N–H and O–H groups in total. The summed E-state index contributed by atoms with van der Waals surface area (Å²) in [5, 5.41) is 12.0. The summed E-state index contributed by atoms with van der Waals surface area (Å²) < 4.78 is 9.73. The average Bonchev–Trinajstić information content (AvgIpc) is 3.33. The van der Waals surface area contributed by atoms with Crippen molar-refractivity contribution in [2.75, 3.05) is 13.7 Å². The summed E-state index contributed by atoms with van der Waals surface area (Å²) in [7, 11) is 1.67. The Labute approximate surface area is 185 Å². The summed E-state index contributed by atoms with van der Waals surface area (Å²) in [5.41, 5.74) is 6.16. The maximum Gasteiger partial charge on any atom is 0.335 e. The van der Waals surface area contributed by atoms with Gasteiger partial charge in [-0.15, -0.1) is 0 Å². The molecule has 0 aliphatic heterocycles. The number of aromatic nitrogens is 3. The van der Waals surface area contributed by atoms with Gasteiger partial charge in [-0.25, -0.2) is 9.78 Å². The highest BCUT2D eigenvalue weighted by Crippen LogP contribution is 2.34. The first-order valence-electron chi connectivity index (χ1n) is 10.8. The van der Waals surface area contributed by atoms with Crippen molar-refractivity contribution in [2.24, 2.45) is 0 Å². The molecule has 5 aromatic rings. The monoisotopic (exact) mass is 427 g/mol. The molecule has 32 heavy (non-hydrogen) atoms. The molecule has 0 saturated carbocycles. The molecule has 0 unspecified atom stereocenters. The van der Waals surface area contributed by atoms with Crippen LogP contribution >= 0.6 is 0 Å². The number of fused-ring (bicyclic) bond motifs is 4. The lowest BCUT2D eigenvalue weighted by Gasteiger charge is -2.10. The molecule has 2 aromatic heterocycles. The first-order valence-corrected chi connectivity index (χ1v) is 10.8. The zero-order valence-corrected chi connectivity index (χ0v) is 18.4. The number of nitrogens with zero attached hydrogens (tertiary/aromatic N) is 3. The maximum absolute atomic E-state index is 11.6. The number of ether oxygens (including phenoxy) is 1. The van der Waals surface area contributed by atoms with E-state index in [1.807, 2.05) is 6.92 Å². The number of benzene rings is 3. The fourth-order valence-corrected chi connectivity index (χ4v) is 4.68. The highest BCUT2D eigenvalue weighted by molar-refractivity contribution is 6.09. The van der Waals surface area contributed by atoms with Crippen LogP contribution in [-0.4, -0.2) is 38.9 Å². The molecule has 2 heterocycles. The minimum Gasteiger partial charge on any atom is -0.478 e. The number of carbonyl (C=O) groups is 1. The van der Waals surface area contributed by atoms with Crippen LogP contribution in [0.15, 0.2) is 54.6 Å². The molecular weight excluding hydrogens is 402 g/mol. The molecule has 0 fully saturated rings. The Morgan fingerprint density at radius 1 is 1.00 bits per heavy atom. The van der Waals surface area contributed by atoms with Crippen LogP contribution in [0.1, 0.15) is 22.8 Å². The molecule has 6 nitrogen and oxygen atoms in total. The number of rotatable bonds is 6. The number of para-hydroxylation sites is 1. The third kappa shape index (κ3) is 3.07. The number of hydrogen-bond donors (Lipinski definition) is 1. The van der Waals surface area contributed by atoms with Crippen LogP contribution in [0.2, 0.25) is 0 Å². The van der Waals surface area contributed by atoms with Gasteiger partial charge in [-0.05, 0) is 55.8 Å². The second-order valence-corrected chi connectivity index (χ2v) is 8.04. The molecule has 0 bridgehead atoms. The van der Waals surface area contributed by atoms with Gasteiger partial charge >= 0.3 is 5.97 Å². The van der Waals surface area contributed by atoms with Crippen molar-refractivity contribution < 1.29 is 14.6 Å². The highest BCUT2D eigenvalue weighted by atomic mass is 16.5. The van der Waals surface area contributed by atoms with Crippen molar-refractivity contribution in [1.82, 2.24) is 14.1 Å². The second-order valence-electron chi connectivity index (χ2n) is 8.04. The van der Waals surface area contributed by atoms with Gasteiger partial charge in [0.25, 0.3) is 0 Å². The summed E-state index contributed by atoms with van der Waals surface area (Å²) in [6, 6.07) is 18.3. The van der Waals surface area contributed by atoms with Crippen molar-refractivity contribution in [3.05, 3.63) is 65.7 Å². The van der Waals surface area contributed by atoms with Gasteiger partial charge in [-0.1, -0.05) is 18.2 Å². The van der Waals surface area contributed by atoms with Crippen molar-refractivity contribution in [2.45, 2.75) is 26.9 Å². The maximum atomic E-state index is 11.6. The van der Waals surface area contributed by atoms with E-state index in [0.717, 1.165) is 34.5 Å². The lowest BCUT2D eigenvalue weighted by molar-refractivity contribution is 0.0697. The van der Waals surface area contributed by atoms with Crippen LogP contribution < -0.4 is 0 Å². The average molecular weight is 428 g/mol. The lowest BCUT2D eigenvalue weighted by Crippen LogP contribution is -2.07. The summed E-state index contributed by atoms with van der Waals surface area (Å²) >= 11 is 0. The minimum atomic E-state index is -0.940. The van der Waals surface area contributed by atoms with Crippen LogP contribution in [0.3, 0.4) is 0 Å². The van der Waals surface area contributed by atoms with Crippen molar-refractivity contribution in [1.29, 1.82) is 0 Å². The largest absolute Gasteiger partial charge is 0.478 e. The molecule has 3 aromatic carbocycles. The van der Waals surface area contributed by atoms with Crippen LogP contribution in [-0.2, 0) is 17.8 Å². The van der Waals surface area contributed by atoms with E-state index in [2.05, 4.69) is 58.5 Å². The zero-order valence-electron chi connectivity index (χ0n) is 18.4. The number of carboxylic acid groups (broad SMARTS) is 1. The highest BCUT2D eigenvalue weighted by Gasteiger charge is 2.18. The predicted octanol–water partition coefficient (Wildman–Crippen LogP) is 5.48. The number of aromatic carboxylic acids is 1. The zero-order chi connectivity index (χ0) is 22.4. The fourth-order valence-electron chi connectivity index (χ4n) is 4.68. The first-order chi connectivity index (χ1) is 15.5. The molecule has 0 aliphatic rings. The SMILES string of the molecule is CCn1c2ccccc2c2cc(-c3nc4c(C)cc(C(=O)O)cc4n3CCOC)ccc21. The predicted molar refractivity (Wildman–Crippen MR) is 127 cm³/mol. The molecule has 0 amide bonds. The minimum absolute atomic E-state index is 0.265. The van der Waals surface area contributed by atoms with E-state index in [9.17, 15) is 9.90 Å². The number of hydrogen-bond acceptors (Lipinski definition) is 3. The summed E-state index contributed by atoms with van der Waals surface area (Å²) in [6.07, 6.45) is 0. The van der Waals surface area contributed by atoms with E-state index < -0.39 is 5.97 Å². The standard InChI is InChI=1S/C26H25N3O3/c1-4-28-21-8-6-5-7-19(21)20-14-17(9-10-22(20)28)25-27-24-16(2)13-18(26(30)31)15-23(24)29(25)11-12-32-3/h5-10,13-15H,4,11-12H2,1-3H3,(H,30,31). The van der Waals surface area contributed by atoms with Gasteiger partial charge in [-0.2, -0.15) is 0 Å². The Hall–Kier alpha value is -3.64. The molecule has 0 atom stereocenters. The van der Waals surface area contributed by atoms with E-state index in [0.29, 0.717) is 13.2 Å². The molecule has 0 spiro atoms. The van der Waals surface area contributed by atoms with Crippen LogP contribution in [0.5, 0.6) is 0 Å². The number of methoxy groups -OCH3 is 1. The molecule has 5 rings (SSSR count). The molecule has 162 valence electrons. The van der Waals surface area contributed by atoms with Gasteiger partial charge in [0.1, 0.15) is 5.82 Å². The number of carboxylic acids is 1. The van der Waals surface area contributed by atoms with Gasteiger partial charge in [0.2, 0.25) is 0 Å². The fraction of sp³-hybridized carbons (Fsp3) is 0.231. The van der Waals surface area contributed by atoms with Crippen molar-refractivity contribution in [3.8, 4) is 11.4 Å². The van der Waals surface area contributed by atoms with E-state index in [-0.39, 0.29) is 5.56 Å². The number of imidazole rings is 1. The molecule has 0 aliphatic carbocycles. The normalized spacial score (nSPS) is 11.7. The van der Waals surface area contributed by atoms with Crippen LogP contribution in [0.25, 0.3) is 44.2 Å². The Morgan fingerprint density at radius 3 is 2.53 bits per heavy atom. The van der Waals surface area contributed by atoms with Crippen LogP contribution in [0, 0.1) is 6.92 Å². The van der Waals surface area contributed by atoms with E-state index >= 15 is 0 Å². The Kier molecular flexibility index (Phi) is 4.94. The Balaban J connectivity index is 1.79. The van der Waals surface area contributed by atoms with Gasteiger partial charge in [0.05, 0.1) is 23.2 Å². The molecular formula is C26H25N3O3. The third-order valence-electron chi connectivity index (χ3n) is 6.16. The summed E-state index contributed by atoms with van der Waals surface area (Å²) in [4.78, 5) is 16.6. The van der Waals surface area contributed by atoms with Gasteiger partial charge in [0.15, 0.2) is 0 Å². The van der Waals surface area contributed by atoms with E-state index in [4.69, 9.17) is 9.72 Å². The summed E-state index contributed by atoms with van der Waals surface area (Å²) in [6.45, 7) is 6.05. The first kappa shape index (κ1) is 20.3. The summed E-state index contributed by atoms with van der Waals surface area (Å²) in [5.74, 6) is -0.122. The van der Waals surface area contributed by atoms with Gasteiger partial charge in [0, 0.05) is 47.6 Å². The molecule has 6 heteroatoms. The smallest absolute Gasteiger partial charge is 0.335 e. The second kappa shape index (κ2) is 7.80. The third-order valence-corrected chi connectivity index (χ3v) is 6.16. The van der Waals surface area contributed by atoms with Gasteiger partial charge in [-0.3, -0.25) is 0 Å². The van der Waals surface area contributed by atoms with Crippen LogP contribution in [0.4, 0.5) is 0 Å². The molecule has 0 radical (unpaired) electrons. The van der Waals surface area contributed by atoms with E-state index in [1.165, 1.54) is 21.8 Å².